The maximum Gasteiger partial charge on any atom is 0.0107 e. The van der Waals surface area contributed by atoms with Crippen LogP contribution in [0.15, 0.2) is 0 Å². The maximum atomic E-state index is 3.57. The summed E-state index contributed by atoms with van der Waals surface area (Å²) in [6, 6.07) is 0. The molecule has 1 heterocycles. The quantitative estimate of drug-likeness (QED) is 0.656. The molecule has 0 aliphatic carbocycles. The topological polar surface area (TPSA) is 15.3 Å². The van der Waals surface area contributed by atoms with Crippen molar-refractivity contribution in [2.24, 2.45) is 11.8 Å². The monoisotopic (exact) mass is 240 g/mol. The van der Waals surface area contributed by atoms with Crippen molar-refractivity contribution in [2.75, 3.05) is 32.7 Å². The molecule has 0 spiro atoms. The van der Waals surface area contributed by atoms with Crippen LogP contribution in [-0.2, 0) is 0 Å². The number of piperidine rings is 1. The second-order valence-corrected chi connectivity index (χ2v) is 5.98. The van der Waals surface area contributed by atoms with Crippen LogP contribution in [0.25, 0.3) is 0 Å². The van der Waals surface area contributed by atoms with Gasteiger partial charge in [0.15, 0.2) is 0 Å². The molecule has 0 atom stereocenters. The average molecular weight is 240 g/mol. The standard InChI is InChI=1S/C15H32N2/c1-4-15-7-11-17(12-8-15)13-10-16-9-5-6-14(2)3/h14-16H,4-13H2,1-3H3. The molecule has 0 aromatic carbocycles. The predicted octanol–water partition coefficient (Wildman–Crippen LogP) is 3.13. The van der Waals surface area contributed by atoms with E-state index in [9.17, 15) is 0 Å². The fraction of sp³-hybridized carbons (Fsp3) is 1.00. The summed E-state index contributed by atoms with van der Waals surface area (Å²) in [5, 5.41) is 3.57. The molecule has 0 saturated carbocycles. The van der Waals surface area contributed by atoms with E-state index in [0.29, 0.717) is 0 Å². The first-order valence-corrected chi connectivity index (χ1v) is 7.65. The zero-order chi connectivity index (χ0) is 12.5. The fourth-order valence-electron chi connectivity index (χ4n) is 2.62. The number of nitrogens with one attached hydrogen (secondary N) is 1. The van der Waals surface area contributed by atoms with Gasteiger partial charge in [-0.15, -0.1) is 0 Å². The molecule has 1 aliphatic heterocycles. The molecule has 102 valence electrons. The number of nitrogens with zero attached hydrogens (tertiary/aromatic N) is 1. The minimum atomic E-state index is 0.852. The van der Waals surface area contributed by atoms with Crippen LogP contribution in [-0.4, -0.2) is 37.6 Å². The van der Waals surface area contributed by atoms with Gasteiger partial charge in [0.2, 0.25) is 0 Å². The third kappa shape index (κ3) is 7.05. The van der Waals surface area contributed by atoms with E-state index >= 15 is 0 Å². The van der Waals surface area contributed by atoms with Crippen LogP contribution in [0.5, 0.6) is 0 Å². The van der Waals surface area contributed by atoms with Gasteiger partial charge in [0.1, 0.15) is 0 Å². The molecule has 2 nitrogen and oxygen atoms in total. The highest BCUT2D eigenvalue weighted by Crippen LogP contribution is 2.19. The highest BCUT2D eigenvalue weighted by Gasteiger charge is 2.16. The molecule has 2 heteroatoms. The molecule has 0 bridgehead atoms. The average Bonchev–Trinajstić information content (AvgIpc) is 2.34. The third-order valence-electron chi connectivity index (χ3n) is 4.02. The van der Waals surface area contributed by atoms with Crippen LogP contribution < -0.4 is 5.32 Å². The van der Waals surface area contributed by atoms with Crippen LogP contribution in [0.1, 0.15) is 52.9 Å². The first-order valence-electron chi connectivity index (χ1n) is 7.65. The Morgan fingerprint density at radius 2 is 1.88 bits per heavy atom. The van der Waals surface area contributed by atoms with Crippen molar-refractivity contribution in [1.82, 2.24) is 10.2 Å². The van der Waals surface area contributed by atoms with Crippen LogP contribution >= 0.6 is 0 Å². The van der Waals surface area contributed by atoms with E-state index in [0.717, 1.165) is 11.8 Å². The number of rotatable bonds is 8. The summed E-state index contributed by atoms with van der Waals surface area (Å²) in [6.07, 6.45) is 6.90. The number of likely N-dealkylation sites (tertiary alicyclic amines) is 1. The van der Waals surface area contributed by atoms with Gasteiger partial charge in [0.25, 0.3) is 0 Å². The van der Waals surface area contributed by atoms with Crippen molar-refractivity contribution < 1.29 is 0 Å². The van der Waals surface area contributed by atoms with Gasteiger partial charge in [-0.2, -0.15) is 0 Å². The summed E-state index contributed by atoms with van der Waals surface area (Å²) in [7, 11) is 0. The Morgan fingerprint density at radius 3 is 2.47 bits per heavy atom. The molecule has 0 unspecified atom stereocenters. The zero-order valence-corrected chi connectivity index (χ0v) is 12.2. The molecule has 0 aromatic heterocycles. The van der Waals surface area contributed by atoms with Crippen molar-refractivity contribution in [2.45, 2.75) is 52.9 Å². The molecule has 1 N–H and O–H groups in total. The summed E-state index contributed by atoms with van der Waals surface area (Å²) >= 11 is 0. The van der Waals surface area contributed by atoms with Gasteiger partial charge in [-0.3, -0.25) is 0 Å². The smallest absolute Gasteiger partial charge is 0.0107 e. The van der Waals surface area contributed by atoms with E-state index in [2.05, 4.69) is 31.0 Å². The molecule has 17 heavy (non-hydrogen) atoms. The summed E-state index contributed by atoms with van der Waals surface area (Å²) < 4.78 is 0. The Hall–Kier alpha value is -0.0800. The minimum absolute atomic E-state index is 0.852. The van der Waals surface area contributed by atoms with Gasteiger partial charge in [-0.05, 0) is 57.2 Å². The van der Waals surface area contributed by atoms with Crippen LogP contribution in [0.4, 0.5) is 0 Å². The van der Waals surface area contributed by atoms with Crippen LogP contribution in [0.2, 0.25) is 0 Å². The van der Waals surface area contributed by atoms with E-state index in [4.69, 9.17) is 0 Å². The van der Waals surface area contributed by atoms with Gasteiger partial charge in [-0.25, -0.2) is 0 Å². The lowest BCUT2D eigenvalue weighted by Gasteiger charge is -2.31. The summed E-state index contributed by atoms with van der Waals surface area (Å²) in [5.74, 6) is 1.86. The second-order valence-electron chi connectivity index (χ2n) is 5.98. The van der Waals surface area contributed by atoms with Gasteiger partial charge in [-0.1, -0.05) is 27.2 Å². The molecular formula is C15H32N2. The minimum Gasteiger partial charge on any atom is -0.315 e. The second kappa shape index (κ2) is 8.93. The van der Waals surface area contributed by atoms with Crippen molar-refractivity contribution in [1.29, 1.82) is 0 Å². The predicted molar refractivity (Wildman–Crippen MR) is 76.4 cm³/mol. The van der Waals surface area contributed by atoms with Gasteiger partial charge in [0, 0.05) is 13.1 Å². The van der Waals surface area contributed by atoms with Gasteiger partial charge in [0.05, 0.1) is 0 Å². The zero-order valence-electron chi connectivity index (χ0n) is 12.2. The van der Waals surface area contributed by atoms with E-state index in [1.807, 2.05) is 0 Å². The van der Waals surface area contributed by atoms with Gasteiger partial charge >= 0.3 is 0 Å². The Morgan fingerprint density at radius 1 is 1.18 bits per heavy atom. The third-order valence-corrected chi connectivity index (χ3v) is 4.02. The highest BCUT2D eigenvalue weighted by atomic mass is 15.1. The summed E-state index contributed by atoms with van der Waals surface area (Å²) in [4.78, 5) is 2.63. The Balaban J connectivity index is 1.90. The largest absolute Gasteiger partial charge is 0.315 e. The molecule has 1 fully saturated rings. The molecule has 0 aromatic rings. The van der Waals surface area contributed by atoms with Crippen molar-refractivity contribution in [3.63, 3.8) is 0 Å². The SMILES string of the molecule is CCC1CCN(CCNCCCC(C)C)CC1. The van der Waals surface area contributed by atoms with E-state index in [1.165, 1.54) is 64.8 Å². The Labute approximate surface area is 108 Å². The van der Waals surface area contributed by atoms with Crippen molar-refractivity contribution in [3.05, 3.63) is 0 Å². The molecule has 1 rings (SSSR count). The lowest BCUT2D eigenvalue weighted by molar-refractivity contribution is 0.182. The first kappa shape index (κ1) is 15.0. The van der Waals surface area contributed by atoms with Crippen molar-refractivity contribution in [3.8, 4) is 0 Å². The molecule has 1 saturated heterocycles. The highest BCUT2D eigenvalue weighted by molar-refractivity contribution is 4.71. The number of hydrogen-bond acceptors (Lipinski definition) is 2. The summed E-state index contributed by atoms with van der Waals surface area (Å²) in [6.45, 7) is 13.2. The normalized spacial score (nSPS) is 19.1. The van der Waals surface area contributed by atoms with Gasteiger partial charge < -0.3 is 10.2 Å². The van der Waals surface area contributed by atoms with Crippen LogP contribution in [0.3, 0.4) is 0 Å². The first-order chi connectivity index (χ1) is 8.22. The molecule has 0 amide bonds. The molecule has 0 radical (unpaired) electrons. The Bertz CT molecular complexity index is 172. The summed E-state index contributed by atoms with van der Waals surface area (Å²) in [5.41, 5.74) is 0. The molecular weight excluding hydrogens is 208 g/mol. The Kier molecular flexibility index (Phi) is 7.87. The fourth-order valence-corrected chi connectivity index (χ4v) is 2.62. The van der Waals surface area contributed by atoms with E-state index in [-0.39, 0.29) is 0 Å². The van der Waals surface area contributed by atoms with E-state index in [1.54, 1.807) is 0 Å². The lowest BCUT2D eigenvalue weighted by atomic mass is 9.94. The maximum absolute atomic E-state index is 3.57. The lowest BCUT2D eigenvalue weighted by Crippen LogP contribution is -2.38. The van der Waals surface area contributed by atoms with E-state index < -0.39 is 0 Å². The van der Waals surface area contributed by atoms with Crippen LogP contribution in [0, 0.1) is 11.8 Å². The number of hydrogen-bond donors (Lipinski definition) is 1. The molecule has 1 aliphatic rings. The van der Waals surface area contributed by atoms with Crippen molar-refractivity contribution >= 4 is 0 Å².